The quantitative estimate of drug-likeness (QED) is 0.535. The molecule has 0 bridgehead atoms. The fraction of sp³-hybridized carbons (Fsp3) is 0. The van der Waals surface area contributed by atoms with Crippen LogP contribution in [0.4, 0.5) is 5.13 Å². The molecule has 1 amide bonds. The molecule has 7 heteroatoms. The molecule has 0 fully saturated rings. The van der Waals surface area contributed by atoms with E-state index in [1.807, 2.05) is 52.5 Å². The van der Waals surface area contributed by atoms with E-state index in [1.165, 1.54) is 22.7 Å². The lowest BCUT2D eigenvalue weighted by atomic mass is 10.2. The van der Waals surface area contributed by atoms with Gasteiger partial charge in [0.1, 0.15) is 10.7 Å². The van der Waals surface area contributed by atoms with Crippen LogP contribution in [-0.2, 0) is 0 Å². The highest BCUT2D eigenvalue weighted by Crippen LogP contribution is 2.27. The van der Waals surface area contributed by atoms with E-state index in [1.54, 1.807) is 16.7 Å². The number of thiazole rings is 2. The Bertz CT molecular complexity index is 958. The molecule has 3 heterocycles. The van der Waals surface area contributed by atoms with Crippen molar-refractivity contribution in [3.05, 3.63) is 63.6 Å². The highest BCUT2D eigenvalue weighted by atomic mass is 32.1. The van der Waals surface area contributed by atoms with E-state index in [4.69, 9.17) is 0 Å². The molecule has 24 heavy (non-hydrogen) atoms. The molecule has 118 valence electrons. The van der Waals surface area contributed by atoms with Crippen LogP contribution in [-0.4, -0.2) is 15.9 Å². The summed E-state index contributed by atoms with van der Waals surface area (Å²) in [7, 11) is 0. The van der Waals surface area contributed by atoms with E-state index in [9.17, 15) is 4.79 Å². The van der Waals surface area contributed by atoms with Gasteiger partial charge < -0.3 is 0 Å². The van der Waals surface area contributed by atoms with Gasteiger partial charge in [0.05, 0.1) is 5.69 Å². The van der Waals surface area contributed by atoms with Crippen LogP contribution in [0.25, 0.3) is 21.8 Å². The molecule has 4 rings (SSSR count). The van der Waals surface area contributed by atoms with Crippen LogP contribution in [0.15, 0.2) is 57.9 Å². The Labute approximate surface area is 150 Å². The maximum Gasteiger partial charge on any atom is 0.276 e. The SMILES string of the molecule is O=C(Nc1nc(-c2ccccc2)cs1)c1csc(-c2ccsc2)n1. The van der Waals surface area contributed by atoms with Crippen molar-refractivity contribution in [3.63, 3.8) is 0 Å². The molecule has 1 N–H and O–H groups in total. The van der Waals surface area contributed by atoms with Gasteiger partial charge in [-0.3, -0.25) is 10.1 Å². The van der Waals surface area contributed by atoms with Crippen LogP contribution >= 0.6 is 34.0 Å². The van der Waals surface area contributed by atoms with Crippen LogP contribution in [0.2, 0.25) is 0 Å². The van der Waals surface area contributed by atoms with Gasteiger partial charge in [0.15, 0.2) is 5.13 Å². The maximum absolute atomic E-state index is 12.3. The molecule has 0 saturated carbocycles. The molecule has 1 aromatic carbocycles. The summed E-state index contributed by atoms with van der Waals surface area (Å²) in [5.74, 6) is -0.235. The highest BCUT2D eigenvalue weighted by molar-refractivity contribution is 7.14. The highest BCUT2D eigenvalue weighted by Gasteiger charge is 2.14. The number of thiophene rings is 1. The number of anilines is 1. The minimum atomic E-state index is -0.235. The molecule has 0 aliphatic carbocycles. The van der Waals surface area contributed by atoms with Crippen molar-refractivity contribution in [2.24, 2.45) is 0 Å². The van der Waals surface area contributed by atoms with Gasteiger partial charge in [0, 0.05) is 27.3 Å². The fourth-order valence-electron chi connectivity index (χ4n) is 2.13. The Morgan fingerprint density at radius 3 is 2.58 bits per heavy atom. The molecule has 0 unspecified atom stereocenters. The Morgan fingerprint density at radius 2 is 1.79 bits per heavy atom. The number of carbonyl (C=O) groups is 1. The summed E-state index contributed by atoms with van der Waals surface area (Å²) in [4.78, 5) is 21.2. The van der Waals surface area contributed by atoms with Crippen LogP contribution in [0.3, 0.4) is 0 Å². The molecular formula is C17H11N3OS3. The zero-order chi connectivity index (χ0) is 16.4. The standard InChI is InChI=1S/C17H11N3OS3/c21-15(14-10-23-16(18-14)12-6-7-22-8-12)20-17-19-13(9-24-17)11-4-2-1-3-5-11/h1-10H,(H,19,20,21). The van der Waals surface area contributed by atoms with Crippen molar-refractivity contribution in [1.82, 2.24) is 9.97 Å². The van der Waals surface area contributed by atoms with Crippen LogP contribution < -0.4 is 5.32 Å². The van der Waals surface area contributed by atoms with Crippen molar-refractivity contribution >= 4 is 45.0 Å². The minimum absolute atomic E-state index is 0.235. The topological polar surface area (TPSA) is 54.9 Å². The van der Waals surface area contributed by atoms with Crippen molar-refractivity contribution in [2.45, 2.75) is 0 Å². The number of hydrogen-bond acceptors (Lipinski definition) is 6. The van der Waals surface area contributed by atoms with Gasteiger partial charge in [-0.2, -0.15) is 11.3 Å². The third kappa shape index (κ3) is 3.14. The van der Waals surface area contributed by atoms with Crippen molar-refractivity contribution in [1.29, 1.82) is 0 Å². The van der Waals surface area contributed by atoms with Crippen molar-refractivity contribution in [2.75, 3.05) is 5.32 Å². The van der Waals surface area contributed by atoms with Gasteiger partial charge in [-0.25, -0.2) is 9.97 Å². The van der Waals surface area contributed by atoms with Crippen LogP contribution in [0, 0.1) is 0 Å². The van der Waals surface area contributed by atoms with E-state index in [0.29, 0.717) is 10.8 Å². The smallest absolute Gasteiger partial charge is 0.276 e. The molecule has 0 aliphatic rings. The molecule has 4 nitrogen and oxygen atoms in total. The number of carbonyl (C=O) groups excluding carboxylic acids is 1. The average Bonchev–Trinajstić information content (AvgIpc) is 3.36. The predicted octanol–water partition coefficient (Wildman–Crippen LogP) is 5.25. The monoisotopic (exact) mass is 369 g/mol. The normalized spacial score (nSPS) is 10.7. The first-order valence-corrected chi connectivity index (χ1v) is 9.80. The third-order valence-electron chi connectivity index (χ3n) is 3.30. The van der Waals surface area contributed by atoms with E-state index in [-0.39, 0.29) is 5.91 Å². The lowest BCUT2D eigenvalue weighted by Crippen LogP contribution is -2.12. The second kappa shape index (κ2) is 6.64. The molecular weight excluding hydrogens is 358 g/mol. The summed E-state index contributed by atoms with van der Waals surface area (Å²) >= 11 is 4.49. The molecule has 0 aliphatic heterocycles. The molecule has 0 radical (unpaired) electrons. The first-order chi connectivity index (χ1) is 11.8. The van der Waals surface area contributed by atoms with Gasteiger partial charge in [0.2, 0.25) is 0 Å². The van der Waals surface area contributed by atoms with Crippen molar-refractivity contribution in [3.8, 4) is 21.8 Å². The van der Waals surface area contributed by atoms with Gasteiger partial charge in [-0.05, 0) is 11.4 Å². The number of hydrogen-bond donors (Lipinski definition) is 1. The number of benzene rings is 1. The van der Waals surface area contributed by atoms with E-state index in [2.05, 4.69) is 15.3 Å². The van der Waals surface area contributed by atoms with Crippen molar-refractivity contribution < 1.29 is 4.79 Å². The summed E-state index contributed by atoms with van der Waals surface area (Å²) in [5.41, 5.74) is 3.35. The van der Waals surface area contributed by atoms with E-state index in [0.717, 1.165) is 21.8 Å². The summed E-state index contributed by atoms with van der Waals surface area (Å²) in [6, 6.07) is 11.9. The zero-order valence-electron chi connectivity index (χ0n) is 12.3. The molecule has 4 aromatic rings. The van der Waals surface area contributed by atoms with Gasteiger partial charge in [-0.1, -0.05) is 30.3 Å². The summed E-state index contributed by atoms with van der Waals surface area (Å²) in [6.07, 6.45) is 0. The largest absolute Gasteiger partial charge is 0.296 e. The molecule has 0 atom stereocenters. The predicted molar refractivity (Wildman–Crippen MR) is 101 cm³/mol. The number of aromatic nitrogens is 2. The van der Waals surface area contributed by atoms with Crippen LogP contribution in [0.1, 0.15) is 10.5 Å². The molecule has 0 spiro atoms. The lowest BCUT2D eigenvalue weighted by Gasteiger charge is -1.98. The van der Waals surface area contributed by atoms with Gasteiger partial charge in [-0.15, -0.1) is 22.7 Å². The summed E-state index contributed by atoms with van der Waals surface area (Å²) in [5, 5.41) is 12.0. The first-order valence-electron chi connectivity index (χ1n) is 7.10. The Balaban J connectivity index is 1.50. The second-order valence-electron chi connectivity index (χ2n) is 4.91. The number of amides is 1. The maximum atomic E-state index is 12.3. The molecule has 0 saturated heterocycles. The third-order valence-corrected chi connectivity index (χ3v) is 5.63. The summed E-state index contributed by atoms with van der Waals surface area (Å²) < 4.78 is 0. The van der Waals surface area contributed by atoms with E-state index >= 15 is 0 Å². The lowest BCUT2D eigenvalue weighted by molar-refractivity contribution is 0.102. The average molecular weight is 369 g/mol. The van der Waals surface area contributed by atoms with Crippen LogP contribution in [0.5, 0.6) is 0 Å². The zero-order valence-corrected chi connectivity index (χ0v) is 14.8. The fourth-order valence-corrected chi connectivity index (χ4v) is 4.36. The number of rotatable bonds is 4. The minimum Gasteiger partial charge on any atom is -0.296 e. The van der Waals surface area contributed by atoms with Gasteiger partial charge in [0.25, 0.3) is 5.91 Å². The summed E-state index contributed by atoms with van der Waals surface area (Å²) in [6.45, 7) is 0. The number of nitrogens with one attached hydrogen (secondary N) is 1. The number of nitrogens with zero attached hydrogens (tertiary/aromatic N) is 2. The van der Waals surface area contributed by atoms with E-state index < -0.39 is 0 Å². The Morgan fingerprint density at radius 1 is 0.917 bits per heavy atom. The van der Waals surface area contributed by atoms with Gasteiger partial charge >= 0.3 is 0 Å². The Kier molecular flexibility index (Phi) is 4.20. The molecule has 3 aromatic heterocycles. The Hall–Kier alpha value is -2.35. The first kappa shape index (κ1) is 15.2. The second-order valence-corrected chi connectivity index (χ2v) is 7.40.